The molecular weight excluding hydrogens is 268 g/mol. The lowest BCUT2D eigenvalue weighted by atomic mass is 9.79. The summed E-state index contributed by atoms with van der Waals surface area (Å²) >= 11 is 0. The first-order chi connectivity index (χ1) is 10.8. The fourth-order valence-corrected chi connectivity index (χ4v) is 3.99. The molecule has 0 amide bonds. The van der Waals surface area contributed by atoms with Gasteiger partial charge >= 0.3 is 0 Å². The third-order valence-corrected chi connectivity index (χ3v) is 4.97. The highest BCUT2D eigenvalue weighted by Gasteiger charge is 2.36. The van der Waals surface area contributed by atoms with E-state index in [4.69, 9.17) is 0 Å². The van der Waals surface area contributed by atoms with E-state index in [1.54, 1.807) is 0 Å². The number of carbonyl (C=O) groups is 1. The predicted molar refractivity (Wildman–Crippen MR) is 88.4 cm³/mol. The van der Waals surface area contributed by atoms with Crippen LogP contribution in [0.25, 0.3) is 10.8 Å². The van der Waals surface area contributed by atoms with Crippen LogP contribution in [0.1, 0.15) is 38.9 Å². The molecule has 3 aromatic carbocycles. The summed E-state index contributed by atoms with van der Waals surface area (Å²) in [6, 6.07) is 20.9. The van der Waals surface area contributed by atoms with Crippen LogP contribution in [0.15, 0.2) is 72.8 Å². The van der Waals surface area contributed by atoms with Crippen molar-refractivity contribution in [2.24, 2.45) is 0 Å². The van der Waals surface area contributed by atoms with Gasteiger partial charge in [-0.1, -0.05) is 72.8 Å². The Balaban J connectivity index is 1.84. The molecule has 1 nitrogen and oxygen atoms in total. The Morgan fingerprint density at radius 3 is 2.41 bits per heavy atom. The zero-order valence-electron chi connectivity index (χ0n) is 12.0. The van der Waals surface area contributed by atoms with Crippen LogP contribution in [0.4, 0.5) is 0 Å². The number of rotatable bonds is 1. The Morgan fingerprint density at radius 2 is 1.55 bits per heavy atom. The molecule has 3 aromatic rings. The highest BCUT2D eigenvalue weighted by molar-refractivity contribution is 6.19. The van der Waals surface area contributed by atoms with E-state index in [1.807, 2.05) is 18.2 Å². The van der Waals surface area contributed by atoms with Gasteiger partial charge in [-0.05, 0) is 27.5 Å². The summed E-state index contributed by atoms with van der Waals surface area (Å²) in [4.78, 5) is 12.7. The minimum atomic E-state index is -0.0870. The van der Waals surface area contributed by atoms with Gasteiger partial charge in [0.1, 0.15) is 0 Å². The van der Waals surface area contributed by atoms with Crippen LogP contribution in [0.5, 0.6) is 0 Å². The van der Waals surface area contributed by atoms with Crippen molar-refractivity contribution in [3.05, 3.63) is 95.1 Å². The fourth-order valence-electron chi connectivity index (χ4n) is 3.99. The fraction of sp³-hybridized carbons (Fsp3) is 0.0952. The van der Waals surface area contributed by atoms with Gasteiger partial charge in [-0.2, -0.15) is 0 Å². The van der Waals surface area contributed by atoms with E-state index < -0.39 is 0 Å². The van der Waals surface area contributed by atoms with Crippen LogP contribution in [0, 0.1) is 0 Å². The van der Waals surface area contributed by atoms with E-state index in [2.05, 4.69) is 54.6 Å². The predicted octanol–water partition coefficient (Wildman–Crippen LogP) is 4.82. The van der Waals surface area contributed by atoms with Gasteiger partial charge < -0.3 is 0 Å². The van der Waals surface area contributed by atoms with Gasteiger partial charge in [0, 0.05) is 11.5 Å². The van der Waals surface area contributed by atoms with Gasteiger partial charge in [-0.25, -0.2) is 0 Å². The Morgan fingerprint density at radius 1 is 0.727 bits per heavy atom. The second kappa shape index (κ2) is 4.17. The lowest BCUT2D eigenvalue weighted by Gasteiger charge is -2.24. The molecule has 104 valence electrons. The van der Waals surface area contributed by atoms with E-state index in [0.29, 0.717) is 0 Å². The average molecular weight is 282 g/mol. The Bertz CT molecular complexity index is 950. The SMILES string of the molecule is O=C1c2cccc3ccc4c(c23)C1C=CC4c1ccccc1. The summed E-state index contributed by atoms with van der Waals surface area (Å²) in [5.41, 5.74) is 4.68. The van der Waals surface area contributed by atoms with Gasteiger partial charge in [0.2, 0.25) is 0 Å². The van der Waals surface area contributed by atoms with Crippen molar-refractivity contribution in [1.82, 2.24) is 0 Å². The largest absolute Gasteiger partial charge is 0.293 e. The summed E-state index contributed by atoms with van der Waals surface area (Å²) in [5, 5.41) is 2.34. The number of benzene rings is 3. The molecule has 0 bridgehead atoms. The number of carbonyl (C=O) groups excluding carboxylic acids is 1. The van der Waals surface area contributed by atoms with E-state index in [-0.39, 0.29) is 17.6 Å². The van der Waals surface area contributed by atoms with Crippen LogP contribution in [-0.4, -0.2) is 5.78 Å². The first kappa shape index (κ1) is 11.9. The second-order valence-electron chi connectivity index (χ2n) is 6.09. The second-order valence-corrected chi connectivity index (χ2v) is 6.09. The lowest BCUT2D eigenvalue weighted by Crippen LogP contribution is -2.12. The first-order valence-corrected chi connectivity index (χ1v) is 7.67. The zero-order chi connectivity index (χ0) is 14.7. The Hall–Kier alpha value is -2.67. The third kappa shape index (κ3) is 1.41. The van der Waals surface area contributed by atoms with Crippen LogP contribution < -0.4 is 0 Å². The molecule has 0 aliphatic heterocycles. The Kier molecular flexibility index (Phi) is 2.26. The van der Waals surface area contributed by atoms with Gasteiger partial charge in [0.25, 0.3) is 0 Å². The van der Waals surface area contributed by atoms with Gasteiger partial charge in [0.15, 0.2) is 5.78 Å². The molecule has 2 atom stereocenters. The molecule has 0 fully saturated rings. The van der Waals surface area contributed by atoms with Crippen molar-refractivity contribution >= 4 is 16.6 Å². The van der Waals surface area contributed by atoms with Crippen molar-refractivity contribution < 1.29 is 4.79 Å². The van der Waals surface area contributed by atoms with Gasteiger partial charge in [-0.15, -0.1) is 0 Å². The molecule has 0 radical (unpaired) electrons. The minimum absolute atomic E-state index is 0.0870. The topological polar surface area (TPSA) is 17.1 Å². The monoisotopic (exact) mass is 282 g/mol. The van der Waals surface area contributed by atoms with Crippen LogP contribution in [0.2, 0.25) is 0 Å². The van der Waals surface area contributed by atoms with Crippen LogP contribution in [0.3, 0.4) is 0 Å². The molecular formula is C21H14O. The highest BCUT2D eigenvalue weighted by Crippen LogP contribution is 2.47. The highest BCUT2D eigenvalue weighted by atomic mass is 16.1. The number of Topliss-reactive ketones (excluding diaryl/α,β-unsaturated/α-hetero) is 1. The smallest absolute Gasteiger partial charge is 0.174 e. The molecule has 0 saturated carbocycles. The molecule has 1 heteroatoms. The number of hydrogen-bond acceptors (Lipinski definition) is 1. The number of allylic oxidation sites excluding steroid dienone is 2. The van der Waals surface area contributed by atoms with E-state index in [9.17, 15) is 4.79 Å². The molecule has 22 heavy (non-hydrogen) atoms. The zero-order valence-corrected chi connectivity index (χ0v) is 12.0. The van der Waals surface area contributed by atoms with Gasteiger partial charge in [-0.3, -0.25) is 4.79 Å². The van der Waals surface area contributed by atoms with E-state index in [0.717, 1.165) is 5.56 Å². The lowest BCUT2D eigenvalue weighted by molar-refractivity contribution is 0.0983. The summed E-state index contributed by atoms with van der Waals surface area (Å²) in [6.07, 6.45) is 4.29. The Labute approximate surface area is 128 Å². The summed E-state index contributed by atoms with van der Waals surface area (Å²) in [7, 11) is 0. The summed E-state index contributed by atoms with van der Waals surface area (Å²) in [5.74, 6) is 0.405. The van der Waals surface area contributed by atoms with E-state index >= 15 is 0 Å². The van der Waals surface area contributed by atoms with Crippen molar-refractivity contribution in [2.45, 2.75) is 11.8 Å². The van der Waals surface area contributed by atoms with Crippen LogP contribution >= 0.6 is 0 Å². The average Bonchev–Trinajstić information content (AvgIpc) is 2.88. The van der Waals surface area contributed by atoms with E-state index in [1.165, 1.54) is 27.5 Å². The van der Waals surface area contributed by atoms with Crippen molar-refractivity contribution in [3.8, 4) is 0 Å². The first-order valence-electron chi connectivity index (χ1n) is 7.67. The number of hydrogen-bond donors (Lipinski definition) is 0. The van der Waals surface area contributed by atoms with Crippen LogP contribution in [-0.2, 0) is 0 Å². The molecule has 2 aliphatic rings. The van der Waals surface area contributed by atoms with Crippen molar-refractivity contribution in [1.29, 1.82) is 0 Å². The molecule has 0 saturated heterocycles. The maximum Gasteiger partial charge on any atom is 0.174 e. The third-order valence-electron chi connectivity index (χ3n) is 4.97. The van der Waals surface area contributed by atoms with Crippen molar-refractivity contribution in [3.63, 3.8) is 0 Å². The normalized spacial score (nSPS) is 21.5. The molecule has 0 N–H and O–H groups in total. The molecule has 0 heterocycles. The standard InChI is InChI=1S/C21H14O/c22-21-17-8-4-7-14-9-10-16-15(13-5-2-1-3-6-13)11-12-18(21)20(16)19(14)17/h1-12,15,18H. The molecule has 2 aliphatic carbocycles. The van der Waals surface area contributed by atoms with Gasteiger partial charge in [0.05, 0.1) is 5.92 Å². The maximum atomic E-state index is 12.7. The number of ketones is 1. The molecule has 0 aromatic heterocycles. The molecule has 0 spiro atoms. The van der Waals surface area contributed by atoms with Crippen molar-refractivity contribution in [2.75, 3.05) is 0 Å². The maximum absolute atomic E-state index is 12.7. The summed E-state index contributed by atoms with van der Waals surface area (Å²) in [6.45, 7) is 0. The molecule has 2 unspecified atom stereocenters. The minimum Gasteiger partial charge on any atom is -0.293 e. The quantitative estimate of drug-likeness (QED) is 0.585. The molecule has 5 rings (SSSR count). The summed E-state index contributed by atoms with van der Waals surface area (Å²) < 4.78 is 0.